The van der Waals surface area contributed by atoms with Crippen LogP contribution < -0.4 is 5.73 Å². The normalized spacial score (nSPS) is 34.6. The molecule has 6 nitrogen and oxygen atoms in total. The highest BCUT2D eigenvalue weighted by molar-refractivity contribution is 6.31. The predicted octanol–water partition coefficient (Wildman–Crippen LogP) is 5.56. The lowest BCUT2D eigenvalue weighted by Gasteiger charge is -2.69. The van der Waals surface area contributed by atoms with Crippen LogP contribution in [0.5, 0.6) is 0 Å². The molecular weight excluding hydrogens is 479 g/mol. The lowest BCUT2D eigenvalue weighted by atomic mass is 9.36. The Bertz CT molecular complexity index is 1250. The number of carbonyl (C=O) groups excluding carboxylic acids is 2. The highest BCUT2D eigenvalue weighted by Crippen LogP contribution is 2.74. The summed E-state index contributed by atoms with van der Waals surface area (Å²) in [5.41, 5.74) is 8.63. The first-order valence-corrected chi connectivity index (χ1v) is 13.3. The summed E-state index contributed by atoms with van der Waals surface area (Å²) in [5.74, 6) is -0.999. The molecule has 4 saturated carbocycles. The molecule has 1 aromatic carbocycles. The van der Waals surface area contributed by atoms with Crippen molar-refractivity contribution in [1.29, 1.82) is 0 Å². The van der Waals surface area contributed by atoms with Crippen LogP contribution in [-0.4, -0.2) is 33.0 Å². The number of primary amides is 1. The molecule has 2 N–H and O–H groups in total. The number of hydrogen-bond acceptors (Lipinski definition) is 3. The first-order chi connectivity index (χ1) is 16.8. The smallest absolute Gasteiger partial charge is 0.252 e. The number of nitrogens with zero attached hydrogens (tertiary/aromatic N) is 3. The zero-order valence-corrected chi connectivity index (χ0v) is 22.1. The standard InChI is InChI=1S/C28H34ClFN4O2/c1-25-11-26(2)13-27(3,12-25)16-28(14-25,15-26)9-21(35)33-6-7-34-20(10-33)22(24(31)36)23(32-34)17-4-5-19(30)18(29)8-17/h4-5,8H,6-7,9-16H2,1-3H3,(H2,31,36). The van der Waals surface area contributed by atoms with Crippen LogP contribution in [0.25, 0.3) is 11.3 Å². The maximum absolute atomic E-state index is 13.8. The summed E-state index contributed by atoms with van der Waals surface area (Å²) in [6.07, 6.45) is 7.76. The first-order valence-electron chi connectivity index (χ1n) is 12.9. The predicted molar refractivity (Wildman–Crippen MR) is 136 cm³/mol. The van der Waals surface area contributed by atoms with Crippen LogP contribution in [0.3, 0.4) is 0 Å². The van der Waals surface area contributed by atoms with Crippen LogP contribution in [0.2, 0.25) is 5.02 Å². The van der Waals surface area contributed by atoms with E-state index < -0.39 is 11.7 Å². The van der Waals surface area contributed by atoms with Crippen molar-refractivity contribution in [1.82, 2.24) is 14.7 Å². The number of carbonyl (C=O) groups is 2. The minimum atomic E-state index is -0.615. The molecule has 0 saturated heterocycles. The summed E-state index contributed by atoms with van der Waals surface area (Å²) in [5, 5.41) is 4.57. The van der Waals surface area contributed by atoms with Gasteiger partial charge in [-0.3, -0.25) is 14.3 Å². The minimum Gasteiger partial charge on any atom is -0.365 e. The Morgan fingerprint density at radius 2 is 1.64 bits per heavy atom. The zero-order valence-electron chi connectivity index (χ0n) is 21.3. The molecule has 4 bridgehead atoms. The fourth-order valence-electron chi connectivity index (χ4n) is 9.81. The SMILES string of the molecule is CC12CC3(C)CC(C)(C1)CC(CC(=O)N1CCn4nc(-c5ccc(F)c(Cl)c5)c(C(N)=O)c4C1)(C2)C3. The minimum absolute atomic E-state index is 0.0441. The van der Waals surface area contributed by atoms with E-state index in [4.69, 9.17) is 17.3 Å². The molecule has 7 rings (SSSR count). The Hall–Kier alpha value is -2.41. The van der Waals surface area contributed by atoms with E-state index in [1.165, 1.54) is 31.4 Å². The molecule has 5 aliphatic rings. The number of aromatic nitrogens is 2. The van der Waals surface area contributed by atoms with Gasteiger partial charge in [-0.05, 0) is 78.4 Å². The van der Waals surface area contributed by atoms with Gasteiger partial charge in [-0.15, -0.1) is 0 Å². The van der Waals surface area contributed by atoms with Crippen LogP contribution >= 0.6 is 11.6 Å². The van der Waals surface area contributed by atoms with Crippen LogP contribution in [-0.2, 0) is 17.9 Å². The topological polar surface area (TPSA) is 81.2 Å². The molecule has 1 aromatic heterocycles. The first kappa shape index (κ1) is 24.0. The highest BCUT2D eigenvalue weighted by Gasteiger charge is 2.64. The van der Waals surface area contributed by atoms with Crippen LogP contribution in [0, 0.1) is 27.5 Å². The lowest BCUT2D eigenvalue weighted by Crippen LogP contribution is -2.59. The number of nitrogens with two attached hydrogens (primary N) is 1. The largest absolute Gasteiger partial charge is 0.365 e. The van der Waals surface area contributed by atoms with Crippen molar-refractivity contribution in [3.63, 3.8) is 0 Å². The Morgan fingerprint density at radius 1 is 1.03 bits per heavy atom. The zero-order chi connectivity index (χ0) is 25.7. The quantitative estimate of drug-likeness (QED) is 0.582. The maximum atomic E-state index is 13.8. The van der Waals surface area contributed by atoms with Gasteiger partial charge in [0.1, 0.15) is 11.5 Å². The number of amides is 2. The van der Waals surface area contributed by atoms with Crippen molar-refractivity contribution in [2.45, 2.75) is 78.8 Å². The molecule has 192 valence electrons. The van der Waals surface area contributed by atoms with Gasteiger partial charge in [-0.25, -0.2) is 4.39 Å². The number of halogens is 2. The Labute approximate surface area is 216 Å². The molecule has 0 spiro atoms. The molecule has 0 atom stereocenters. The molecule has 2 amide bonds. The summed E-state index contributed by atoms with van der Waals surface area (Å²) in [6, 6.07) is 4.25. The van der Waals surface area contributed by atoms with Crippen molar-refractivity contribution in [3.05, 3.63) is 40.3 Å². The molecule has 0 unspecified atom stereocenters. The maximum Gasteiger partial charge on any atom is 0.252 e. The van der Waals surface area contributed by atoms with E-state index in [0.29, 0.717) is 59.3 Å². The van der Waals surface area contributed by atoms with Gasteiger partial charge in [0.2, 0.25) is 5.91 Å². The van der Waals surface area contributed by atoms with Crippen molar-refractivity contribution in [3.8, 4) is 11.3 Å². The molecule has 4 aliphatic carbocycles. The highest BCUT2D eigenvalue weighted by atomic mass is 35.5. The summed E-state index contributed by atoms with van der Waals surface area (Å²) < 4.78 is 15.5. The second kappa shape index (κ2) is 7.56. The lowest BCUT2D eigenvalue weighted by molar-refractivity contribution is -0.189. The van der Waals surface area contributed by atoms with Crippen LogP contribution in [0.4, 0.5) is 4.39 Å². The number of benzene rings is 1. The molecule has 2 aromatic rings. The fraction of sp³-hybridized carbons (Fsp3) is 0.607. The molecule has 1 aliphatic heterocycles. The molecule has 4 fully saturated rings. The van der Waals surface area contributed by atoms with Crippen molar-refractivity contribution in [2.24, 2.45) is 27.4 Å². The van der Waals surface area contributed by atoms with E-state index in [0.717, 1.165) is 19.3 Å². The molecule has 8 heteroatoms. The molecular formula is C28H34ClFN4O2. The van der Waals surface area contributed by atoms with Crippen molar-refractivity contribution < 1.29 is 14.0 Å². The van der Waals surface area contributed by atoms with E-state index in [1.54, 1.807) is 10.7 Å². The van der Waals surface area contributed by atoms with Gasteiger partial charge >= 0.3 is 0 Å². The van der Waals surface area contributed by atoms with Gasteiger partial charge in [-0.1, -0.05) is 32.4 Å². The third-order valence-corrected chi connectivity index (χ3v) is 9.55. The Balaban J connectivity index is 1.28. The van der Waals surface area contributed by atoms with Gasteiger partial charge in [0.25, 0.3) is 5.91 Å². The monoisotopic (exact) mass is 512 g/mol. The summed E-state index contributed by atoms with van der Waals surface area (Å²) in [6.45, 7) is 8.61. The Kier molecular flexibility index (Phi) is 5.03. The van der Waals surface area contributed by atoms with Gasteiger partial charge in [0.05, 0.1) is 29.4 Å². The van der Waals surface area contributed by atoms with Crippen molar-refractivity contribution in [2.75, 3.05) is 6.54 Å². The third-order valence-electron chi connectivity index (χ3n) is 9.26. The van der Waals surface area contributed by atoms with Crippen LogP contribution in [0.1, 0.15) is 81.8 Å². The van der Waals surface area contributed by atoms with Gasteiger partial charge in [-0.2, -0.15) is 5.10 Å². The van der Waals surface area contributed by atoms with E-state index >= 15 is 0 Å². The Morgan fingerprint density at radius 3 is 2.19 bits per heavy atom. The molecule has 2 heterocycles. The van der Waals surface area contributed by atoms with Crippen LogP contribution in [0.15, 0.2) is 18.2 Å². The summed E-state index contributed by atoms with van der Waals surface area (Å²) in [7, 11) is 0. The second-order valence-electron chi connectivity index (χ2n) is 13.4. The second-order valence-corrected chi connectivity index (χ2v) is 13.8. The number of hydrogen-bond donors (Lipinski definition) is 1. The fourth-order valence-corrected chi connectivity index (χ4v) is 9.99. The summed E-state index contributed by atoms with van der Waals surface area (Å²) >= 11 is 5.99. The van der Waals surface area contributed by atoms with E-state index in [9.17, 15) is 14.0 Å². The number of rotatable bonds is 4. The average molecular weight is 513 g/mol. The average Bonchev–Trinajstić information content (AvgIpc) is 3.10. The van der Waals surface area contributed by atoms with E-state index in [2.05, 4.69) is 25.9 Å². The summed E-state index contributed by atoms with van der Waals surface area (Å²) in [4.78, 5) is 28.2. The van der Waals surface area contributed by atoms with E-state index in [1.807, 2.05) is 4.90 Å². The number of fused-ring (bicyclic) bond motifs is 1. The van der Waals surface area contributed by atoms with E-state index in [-0.39, 0.29) is 21.9 Å². The van der Waals surface area contributed by atoms with Gasteiger partial charge in [0, 0.05) is 18.5 Å². The van der Waals surface area contributed by atoms with Gasteiger partial charge < -0.3 is 10.6 Å². The van der Waals surface area contributed by atoms with Gasteiger partial charge in [0.15, 0.2) is 0 Å². The molecule has 0 radical (unpaired) electrons. The third kappa shape index (κ3) is 3.77. The van der Waals surface area contributed by atoms with Crippen molar-refractivity contribution >= 4 is 23.4 Å². The molecule has 36 heavy (non-hydrogen) atoms.